The van der Waals surface area contributed by atoms with E-state index in [2.05, 4.69) is 9.97 Å². The molecule has 5 heteroatoms. The molecule has 0 aliphatic heterocycles. The van der Waals surface area contributed by atoms with E-state index in [9.17, 15) is 0 Å². The maximum Gasteiger partial charge on any atom is 0.179 e. The summed E-state index contributed by atoms with van der Waals surface area (Å²) in [5, 5.41) is 0. The van der Waals surface area contributed by atoms with Gasteiger partial charge in [-0.1, -0.05) is 12.8 Å². The van der Waals surface area contributed by atoms with E-state index in [1.165, 1.54) is 12.8 Å². The number of pyridine rings is 1. The predicted molar refractivity (Wildman–Crippen MR) is 77.4 cm³/mol. The average molecular weight is 259 g/mol. The minimum Gasteiger partial charge on any atom is -0.363 e. The molecule has 0 aromatic carbocycles. The maximum absolute atomic E-state index is 6.01. The van der Waals surface area contributed by atoms with Crippen LogP contribution in [0.25, 0.3) is 11.2 Å². The van der Waals surface area contributed by atoms with Gasteiger partial charge in [0.15, 0.2) is 5.65 Å². The number of nitrogens with two attached hydrogens (primary N) is 1. The molecule has 2 aromatic heterocycles. The van der Waals surface area contributed by atoms with E-state index in [1.807, 2.05) is 31.1 Å². The van der Waals surface area contributed by atoms with Crippen LogP contribution in [0.5, 0.6) is 0 Å². The third kappa shape index (κ3) is 1.98. The van der Waals surface area contributed by atoms with Crippen molar-refractivity contribution in [2.24, 2.45) is 5.73 Å². The number of aromatic amines is 1. The molecule has 0 spiro atoms. The largest absolute Gasteiger partial charge is 0.363 e. The second-order valence-electron chi connectivity index (χ2n) is 5.71. The Morgan fingerprint density at radius 3 is 2.63 bits per heavy atom. The number of rotatable bonds is 3. The molecule has 102 valence electrons. The highest BCUT2D eigenvalue weighted by Gasteiger charge is 2.37. The number of nitrogens with zero attached hydrogens (tertiary/aromatic N) is 3. The van der Waals surface area contributed by atoms with Crippen molar-refractivity contribution < 1.29 is 0 Å². The summed E-state index contributed by atoms with van der Waals surface area (Å²) in [6.45, 7) is 0.660. The molecule has 2 aromatic rings. The lowest BCUT2D eigenvalue weighted by Gasteiger charge is -2.24. The molecule has 1 fully saturated rings. The summed E-state index contributed by atoms with van der Waals surface area (Å²) in [7, 11) is 3.97. The molecule has 1 aliphatic rings. The number of hydrogen-bond acceptors (Lipinski definition) is 4. The second-order valence-corrected chi connectivity index (χ2v) is 5.71. The van der Waals surface area contributed by atoms with Crippen LogP contribution in [0.4, 0.5) is 5.82 Å². The summed E-state index contributed by atoms with van der Waals surface area (Å²) >= 11 is 0. The molecule has 0 bridgehead atoms. The summed E-state index contributed by atoms with van der Waals surface area (Å²) < 4.78 is 0. The lowest BCUT2D eigenvalue weighted by atomic mass is 9.85. The highest BCUT2D eigenvalue weighted by atomic mass is 15.2. The van der Waals surface area contributed by atoms with Gasteiger partial charge in [-0.05, 0) is 25.0 Å². The lowest BCUT2D eigenvalue weighted by molar-refractivity contribution is 0.429. The van der Waals surface area contributed by atoms with E-state index in [4.69, 9.17) is 10.7 Å². The van der Waals surface area contributed by atoms with Crippen molar-refractivity contribution in [3.05, 3.63) is 18.0 Å². The zero-order chi connectivity index (χ0) is 13.5. The first-order chi connectivity index (χ1) is 9.14. The maximum atomic E-state index is 6.01. The minimum absolute atomic E-state index is 0.0407. The third-order valence-electron chi connectivity index (χ3n) is 4.24. The zero-order valence-corrected chi connectivity index (χ0v) is 11.6. The first kappa shape index (κ1) is 12.4. The topological polar surface area (TPSA) is 70.8 Å². The highest BCUT2D eigenvalue weighted by molar-refractivity contribution is 5.73. The van der Waals surface area contributed by atoms with Gasteiger partial charge >= 0.3 is 0 Å². The first-order valence-electron chi connectivity index (χ1n) is 6.89. The van der Waals surface area contributed by atoms with Gasteiger partial charge < -0.3 is 15.6 Å². The lowest BCUT2D eigenvalue weighted by Crippen LogP contribution is -2.33. The molecule has 19 heavy (non-hydrogen) atoms. The number of hydrogen-bond donors (Lipinski definition) is 2. The SMILES string of the molecule is CN(C)c1ccc2[nH]c(C3(CN)CCCC3)nc2n1. The fourth-order valence-corrected chi connectivity index (χ4v) is 2.97. The fraction of sp³-hybridized carbons (Fsp3) is 0.571. The summed E-state index contributed by atoms with van der Waals surface area (Å²) in [5.41, 5.74) is 7.85. The molecule has 0 radical (unpaired) electrons. The van der Waals surface area contributed by atoms with Gasteiger partial charge in [0.25, 0.3) is 0 Å². The van der Waals surface area contributed by atoms with E-state index >= 15 is 0 Å². The Bertz CT molecular complexity index is 581. The smallest absolute Gasteiger partial charge is 0.179 e. The van der Waals surface area contributed by atoms with Crippen LogP contribution in [0.3, 0.4) is 0 Å². The number of nitrogens with one attached hydrogen (secondary N) is 1. The third-order valence-corrected chi connectivity index (χ3v) is 4.24. The van der Waals surface area contributed by atoms with E-state index in [1.54, 1.807) is 0 Å². The Hall–Kier alpha value is -1.62. The quantitative estimate of drug-likeness (QED) is 0.881. The van der Waals surface area contributed by atoms with Crippen LogP contribution < -0.4 is 10.6 Å². The average Bonchev–Trinajstić information content (AvgIpc) is 3.04. The van der Waals surface area contributed by atoms with Crippen LogP contribution in [-0.4, -0.2) is 35.6 Å². The molecule has 3 rings (SSSR count). The van der Waals surface area contributed by atoms with Crippen molar-refractivity contribution in [3.8, 4) is 0 Å². The van der Waals surface area contributed by atoms with Crippen LogP contribution in [0.2, 0.25) is 0 Å². The molecule has 0 saturated heterocycles. The molecule has 0 atom stereocenters. The van der Waals surface area contributed by atoms with Crippen molar-refractivity contribution in [3.63, 3.8) is 0 Å². The van der Waals surface area contributed by atoms with Crippen LogP contribution in [-0.2, 0) is 5.41 Å². The number of anilines is 1. The second kappa shape index (κ2) is 4.49. The van der Waals surface area contributed by atoms with Gasteiger partial charge in [-0.2, -0.15) is 0 Å². The molecule has 0 unspecified atom stereocenters. The van der Waals surface area contributed by atoms with Gasteiger partial charge in [0, 0.05) is 26.1 Å². The zero-order valence-electron chi connectivity index (χ0n) is 11.6. The Kier molecular flexibility index (Phi) is 2.93. The fourth-order valence-electron chi connectivity index (χ4n) is 2.97. The number of H-pyrrole nitrogens is 1. The van der Waals surface area contributed by atoms with Gasteiger partial charge in [0.05, 0.1) is 5.52 Å². The summed E-state index contributed by atoms with van der Waals surface area (Å²) in [6, 6.07) is 4.06. The summed E-state index contributed by atoms with van der Waals surface area (Å²) in [6.07, 6.45) is 4.74. The van der Waals surface area contributed by atoms with Gasteiger partial charge in [0.2, 0.25) is 0 Å². The van der Waals surface area contributed by atoms with Crippen molar-refractivity contribution >= 4 is 17.0 Å². The van der Waals surface area contributed by atoms with Gasteiger partial charge in [-0.3, -0.25) is 0 Å². The van der Waals surface area contributed by atoms with Gasteiger partial charge in [-0.15, -0.1) is 0 Å². The molecular formula is C14H21N5. The molecular weight excluding hydrogens is 238 g/mol. The molecule has 0 amide bonds. The van der Waals surface area contributed by atoms with E-state index < -0.39 is 0 Å². The monoisotopic (exact) mass is 259 g/mol. The first-order valence-corrected chi connectivity index (χ1v) is 6.89. The number of fused-ring (bicyclic) bond motifs is 1. The minimum atomic E-state index is 0.0407. The Morgan fingerprint density at radius 1 is 1.26 bits per heavy atom. The highest BCUT2D eigenvalue weighted by Crippen LogP contribution is 2.39. The van der Waals surface area contributed by atoms with Crippen LogP contribution >= 0.6 is 0 Å². The number of aromatic nitrogens is 3. The van der Waals surface area contributed by atoms with E-state index in [0.29, 0.717) is 6.54 Å². The molecule has 1 saturated carbocycles. The van der Waals surface area contributed by atoms with Crippen molar-refractivity contribution in [2.75, 3.05) is 25.5 Å². The Labute approximate surface area is 113 Å². The standard InChI is InChI=1S/C14H21N5/c1-19(2)11-6-5-10-12(17-11)18-13(16-10)14(9-15)7-3-4-8-14/h5-6H,3-4,7-9,15H2,1-2H3,(H,16,17,18). The van der Waals surface area contributed by atoms with Crippen molar-refractivity contribution in [1.82, 2.24) is 15.0 Å². The van der Waals surface area contributed by atoms with Gasteiger partial charge in [-0.25, -0.2) is 9.97 Å². The molecule has 3 N–H and O–H groups in total. The Morgan fingerprint density at radius 2 is 2.00 bits per heavy atom. The summed E-state index contributed by atoms with van der Waals surface area (Å²) in [5.74, 6) is 1.95. The van der Waals surface area contributed by atoms with Crippen molar-refractivity contribution in [2.45, 2.75) is 31.1 Å². The van der Waals surface area contributed by atoms with Crippen LogP contribution in [0, 0.1) is 0 Å². The number of imidazole rings is 1. The van der Waals surface area contributed by atoms with Crippen molar-refractivity contribution in [1.29, 1.82) is 0 Å². The normalized spacial score (nSPS) is 18.1. The molecule has 5 nitrogen and oxygen atoms in total. The van der Waals surface area contributed by atoms with E-state index in [0.717, 1.165) is 35.6 Å². The van der Waals surface area contributed by atoms with Gasteiger partial charge in [0.1, 0.15) is 11.6 Å². The molecule has 2 heterocycles. The predicted octanol–water partition coefficient (Wildman–Crippen LogP) is 1.79. The van der Waals surface area contributed by atoms with E-state index in [-0.39, 0.29) is 5.41 Å². The molecule has 1 aliphatic carbocycles. The summed E-state index contributed by atoms with van der Waals surface area (Å²) in [4.78, 5) is 14.7. The Balaban J connectivity index is 2.06. The van der Waals surface area contributed by atoms with Crippen LogP contribution in [0.1, 0.15) is 31.5 Å². The van der Waals surface area contributed by atoms with Crippen LogP contribution in [0.15, 0.2) is 12.1 Å².